The molecule has 0 saturated carbocycles. The Labute approximate surface area is 200 Å². The number of benzene rings is 3. The molecule has 3 nitrogen and oxygen atoms in total. The highest BCUT2D eigenvalue weighted by molar-refractivity contribution is 6.32. The zero-order chi connectivity index (χ0) is 24.2. The molecule has 3 aromatic rings. The van der Waals surface area contributed by atoms with Gasteiger partial charge < -0.3 is 9.47 Å². The molecule has 3 rings (SSSR count). The molecule has 0 aromatic heterocycles. The normalized spacial score (nSPS) is 11.8. The molecular weight excluding hydrogens is 439 g/mol. The number of hydrogen-bond acceptors (Lipinski definition) is 3. The summed E-state index contributed by atoms with van der Waals surface area (Å²) in [7, 11) is 0. The summed E-state index contributed by atoms with van der Waals surface area (Å²) in [6.45, 7) is 10.5. The molecule has 0 N–H and O–H groups in total. The van der Waals surface area contributed by atoms with Crippen LogP contribution in [0, 0.1) is 5.82 Å². The van der Waals surface area contributed by atoms with E-state index in [0.717, 1.165) is 30.0 Å². The number of hydrogen-bond donors (Lipinski definition) is 0. The van der Waals surface area contributed by atoms with E-state index in [1.165, 1.54) is 18.2 Å². The van der Waals surface area contributed by atoms with E-state index in [-0.39, 0.29) is 16.6 Å². The van der Waals surface area contributed by atoms with Crippen LogP contribution in [0.2, 0.25) is 5.02 Å². The number of ether oxygens (including phenoxy) is 2. The average Bonchev–Trinajstić information content (AvgIpc) is 2.80. The van der Waals surface area contributed by atoms with Crippen molar-refractivity contribution < 1.29 is 18.7 Å². The van der Waals surface area contributed by atoms with Gasteiger partial charge in [0, 0.05) is 5.41 Å². The smallest absolute Gasteiger partial charge is 0.343 e. The van der Waals surface area contributed by atoms with Gasteiger partial charge in [0.2, 0.25) is 0 Å². The van der Waals surface area contributed by atoms with Crippen LogP contribution in [0.25, 0.3) is 0 Å². The van der Waals surface area contributed by atoms with Gasteiger partial charge in [0.25, 0.3) is 0 Å². The molecule has 0 aliphatic rings. The van der Waals surface area contributed by atoms with Crippen LogP contribution in [0.5, 0.6) is 11.5 Å². The fourth-order valence-corrected chi connectivity index (χ4v) is 3.74. The highest BCUT2D eigenvalue weighted by Gasteiger charge is 2.26. The Bertz CT molecular complexity index is 1120. The molecule has 0 spiro atoms. The Morgan fingerprint density at radius 2 is 1.55 bits per heavy atom. The predicted octanol–water partition coefficient (Wildman–Crippen LogP) is 7.98. The Kier molecular flexibility index (Phi) is 7.48. The molecule has 3 aromatic carbocycles. The lowest BCUT2D eigenvalue weighted by molar-refractivity contribution is 0.0734. The maximum absolute atomic E-state index is 13.4. The summed E-state index contributed by atoms with van der Waals surface area (Å²) in [6, 6.07) is 18.6. The molecule has 5 heteroatoms. The molecule has 0 amide bonds. The lowest BCUT2D eigenvalue weighted by atomic mass is 9.78. The quantitative estimate of drug-likeness (QED) is 0.248. The number of carbonyl (C=O) groups is 1. The third-order valence-electron chi connectivity index (χ3n) is 6.35. The van der Waals surface area contributed by atoms with Crippen LogP contribution in [0.3, 0.4) is 0 Å². The predicted molar refractivity (Wildman–Crippen MR) is 131 cm³/mol. The molecule has 0 heterocycles. The van der Waals surface area contributed by atoms with E-state index in [9.17, 15) is 9.18 Å². The van der Waals surface area contributed by atoms with Crippen molar-refractivity contribution in [3.05, 3.63) is 94.3 Å². The van der Waals surface area contributed by atoms with Crippen molar-refractivity contribution >= 4 is 17.6 Å². The first-order valence-electron chi connectivity index (χ1n) is 11.2. The van der Waals surface area contributed by atoms with Crippen molar-refractivity contribution in [2.24, 2.45) is 0 Å². The van der Waals surface area contributed by atoms with Gasteiger partial charge in [-0.1, -0.05) is 63.6 Å². The summed E-state index contributed by atoms with van der Waals surface area (Å²) in [5.41, 5.74) is 1.65. The van der Waals surface area contributed by atoms with E-state index < -0.39 is 11.8 Å². The average molecular weight is 469 g/mol. The molecule has 0 unspecified atom stereocenters. The lowest BCUT2D eigenvalue weighted by Gasteiger charge is -2.30. The minimum absolute atomic E-state index is 0.165. The standard InChI is InChI=1S/C28H30ClFO3/c1-6-28(5,7-2)33-25-16-13-21(18-24(25)29)27(3,4)20-11-14-23(15-12-20)32-26(31)19-9-8-10-22(30)17-19/h8-18H,6-7H2,1-5H3. The molecule has 33 heavy (non-hydrogen) atoms. The minimum Gasteiger partial charge on any atom is -0.486 e. The summed E-state index contributed by atoms with van der Waals surface area (Å²) >= 11 is 6.59. The topological polar surface area (TPSA) is 35.5 Å². The van der Waals surface area contributed by atoms with Crippen molar-refractivity contribution in [2.45, 2.75) is 58.5 Å². The van der Waals surface area contributed by atoms with Crippen molar-refractivity contribution in [3.8, 4) is 11.5 Å². The third kappa shape index (κ3) is 5.75. The van der Waals surface area contributed by atoms with Crippen molar-refractivity contribution in [1.29, 1.82) is 0 Å². The van der Waals surface area contributed by atoms with Gasteiger partial charge in [0.1, 0.15) is 22.9 Å². The second kappa shape index (κ2) is 9.96. The van der Waals surface area contributed by atoms with Gasteiger partial charge >= 0.3 is 5.97 Å². The zero-order valence-corrected chi connectivity index (χ0v) is 20.5. The van der Waals surface area contributed by atoms with Crippen LogP contribution in [0.15, 0.2) is 66.7 Å². The first-order valence-corrected chi connectivity index (χ1v) is 11.5. The maximum atomic E-state index is 13.4. The zero-order valence-electron chi connectivity index (χ0n) is 19.7. The summed E-state index contributed by atoms with van der Waals surface area (Å²) < 4.78 is 24.9. The van der Waals surface area contributed by atoms with Gasteiger partial charge in [-0.15, -0.1) is 0 Å². The van der Waals surface area contributed by atoms with E-state index in [4.69, 9.17) is 21.1 Å². The van der Waals surface area contributed by atoms with Crippen LogP contribution < -0.4 is 9.47 Å². The number of rotatable bonds is 8. The van der Waals surface area contributed by atoms with Gasteiger partial charge in [-0.3, -0.25) is 0 Å². The Morgan fingerprint density at radius 1 is 0.909 bits per heavy atom. The van der Waals surface area contributed by atoms with Crippen LogP contribution in [-0.2, 0) is 5.41 Å². The Morgan fingerprint density at radius 3 is 2.12 bits per heavy atom. The highest BCUT2D eigenvalue weighted by Crippen LogP contribution is 2.38. The first kappa shape index (κ1) is 24.8. The van der Waals surface area contributed by atoms with Crippen LogP contribution in [0.1, 0.15) is 68.9 Å². The maximum Gasteiger partial charge on any atom is 0.343 e. The molecule has 0 atom stereocenters. The molecule has 0 bridgehead atoms. The summed E-state index contributed by atoms with van der Waals surface area (Å²) in [5.74, 6) is -0.00767. The summed E-state index contributed by atoms with van der Waals surface area (Å²) in [5, 5.41) is 0.578. The number of esters is 1. The minimum atomic E-state index is -0.602. The second-order valence-corrected chi connectivity index (χ2v) is 9.36. The Balaban J connectivity index is 1.77. The van der Waals surface area contributed by atoms with Crippen LogP contribution in [0.4, 0.5) is 4.39 Å². The Hall–Kier alpha value is -2.85. The summed E-state index contributed by atoms with van der Waals surface area (Å²) in [4.78, 5) is 12.3. The summed E-state index contributed by atoms with van der Waals surface area (Å²) in [6.07, 6.45) is 1.78. The fourth-order valence-electron chi connectivity index (χ4n) is 3.52. The van der Waals surface area contributed by atoms with Gasteiger partial charge in [-0.2, -0.15) is 0 Å². The van der Waals surface area contributed by atoms with Gasteiger partial charge in [0.15, 0.2) is 0 Å². The van der Waals surface area contributed by atoms with Crippen molar-refractivity contribution in [2.75, 3.05) is 0 Å². The van der Waals surface area contributed by atoms with Crippen LogP contribution >= 0.6 is 11.6 Å². The molecule has 0 fully saturated rings. The number of carbonyl (C=O) groups excluding carboxylic acids is 1. The van der Waals surface area contributed by atoms with Gasteiger partial charge in [-0.25, -0.2) is 9.18 Å². The SMILES string of the molecule is CCC(C)(CC)Oc1ccc(C(C)(C)c2ccc(OC(=O)c3cccc(F)c3)cc2)cc1Cl. The van der Waals surface area contributed by atoms with E-state index in [1.54, 1.807) is 12.1 Å². The lowest BCUT2D eigenvalue weighted by Crippen LogP contribution is -2.30. The van der Waals surface area contributed by atoms with E-state index in [1.807, 2.05) is 30.3 Å². The van der Waals surface area contributed by atoms with Crippen molar-refractivity contribution in [3.63, 3.8) is 0 Å². The second-order valence-electron chi connectivity index (χ2n) is 8.95. The van der Waals surface area contributed by atoms with Crippen LogP contribution in [-0.4, -0.2) is 11.6 Å². The third-order valence-corrected chi connectivity index (χ3v) is 6.65. The highest BCUT2D eigenvalue weighted by atomic mass is 35.5. The van der Waals surface area contributed by atoms with Gasteiger partial charge in [-0.05, 0) is 73.4 Å². The monoisotopic (exact) mass is 468 g/mol. The fraction of sp³-hybridized carbons (Fsp3) is 0.321. The van der Waals surface area contributed by atoms with Gasteiger partial charge in [0.05, 0.1) is 10.6 Å². The molecule has 0 saturated heterocycles. The largest absolute Gasteiger partial charge is 0.486 e. The molecule has 0 radical (unpaired) electrons. The molecule has 0 aliphatic carbocycles. The molecule has 0 aliphatic heterocycles. The molecule has 174 valence electrons. The van der Waals surface area contributed by atoms with E-state index in [0.29, 0.717) is 16.5 Å². The van der Waals surface area contributed by atoms with E-state index in [2.05, 4.69) is 34.6 Å². The van der Waals surface area contributed by atoms with Crippen molar-refractivity contribution in [1.82, 2.24) is 0 Å². The first-order chi connectivity index (χ1) is 15.6. The van der Waals surface area contributed by atoms with E-state index >= 15 is 0 Å². The number of halogens is 2. The molecular formula is C28H30ClFO3.